The molecule has 0 saturated carbocycles. The molecule has 1 aliphatic rings. The highest BCUT2D eigenvalue weighted by atomic mass is 16.5. The Labute approximate surface area is 151 Å². The zero-order chi connectivity index (χ0) is 17.5. The van der Waals surface area contributed by atoms with Crippen molar-refractivity contribution in [3.05, 3.63) is 65.7 Å². The molecule has 0 amide bonds. The number of aryl methyl sites for hydroxylation is 1. The van der Waals surface area contributed by atoms with Gasteiger partial charge >= 0.3 is 0 Å². The van der Waals surface area contributed by atoms with Crippen LogP contribution in [-0.2, 0) is 6.42 Å². The van der Waals surface area contributed by atoms with Gasteiger partial charge in [0.05, 0.1) is 0 Å². The molecule has 0 aromatic heterocycles. The molecule has 0 bridgehead atoms. The maximum absolute atomic E-state index is 10.5. The third-order valence-corrected chi connectivity index (χ3v) is 5.03. The predicted molar refractivity (Wildman–Crippen MR) is 102 cm³/mol. The summed E-state index contributed by atoms with van der Waals surface area (Å²) in [7, 11) is 0. The topological polar surface area (TPSA) is 32.7 Å². The molecule has 1 aliphatic heterocycles. The quantitative estimate of drug-likeness (QED) is 0.832. The summed E-state index contributed by atoms with van der Waals surface area (Å²) in [6, 6.07) is 19.1. The molecular weight excluding hydrogens is 310 g/mol. The molecule has 0 aliphatic carbocycles. The van der Waals surface area contributed by atoms with Gasteiger partial charge in [-0.3, -0.25) is 4.90 Å². The van der Waals surface area contributed by atoms with E-state index in [1.54, 1.807) is 0 Å². The van der Waals surface area contributed by atoms with E-state index < -0.39 is 6.10 Å². The SMILES string of the molecule is Cc1ccccc1OCC(O)CN1CCCCC1Cc1ccccc1. The van der Waals surface area contributed by atoms with E-state index in [0.29, 0.717) is 19.2 Å². The summed E-state index contributed by atoms with van der Waals surface area (Å²) < 4.78 is 5.82. The Kier molecular flexibility index (Phi) is 6.48. The lowest BCUT2D eigenvalue weighted by molar-refractivity contribution is 0.0395. The third kappa shape index (κ3) is 5.32. The van der Waals surface area contributed by atoms with Gasteiger partial charge in [0.1, 0.15) is 18.5 Å². The van der Waals surface area contributed by atoms with E-state index in [2.05, 4.69) is 35.2 Å². The van der Waals surface area contributed by atoms with Crippen molar-refractivity contribution in [2.24, 2.45) is 0 Å². The summed E-state index contributed by atoms with van der Waals surface area (Å²) in [5.41, 5.74) is 2.49. The van der Waals surface area contributed by atoms with Gasteiger partial charge in [0, 0.05) is 12.6 Å². The van der Waals surface area contributed by atoms with Gasteiger partial charge < -0.3 is 9.84 Å². The molecule has 1 heterocycles. The first kappa shape index (κ1) is 18.0. The summed E-state index contributed by atoms with van der Waals surface area (Å²) in [4.78, 5) is 2.45. The normalized spacial score (nSPS) is 19.5. The number of likely N-dealkylation sites (tertiary alicyclic amines) is 1. The van der Waals surface area contributed by atoms with E-state index in [-0.39, 0.29) is 0 Å². The highest BCUT2D eigenvalue weighted by Gasteiger charge is 2.24. The molecule has 3 nitrogen and oxygen atoms in total. The second kappa shape index (κ2) is 9.02. The fraction of sp³-hybridized carbons (Fsp3) is 0.455. The molecule has 0 spiro atoms. The highest BCUT2D eigenvalue weighted by Crippen LogP contribution is 2.21. The maximum atomic E-state index is 10.5. The first-order valence-corrected chi connectivity index (χ1v) is 9.37. The third-order valence-electron chi connectivity index (χ3n) is 5.03. The first-order valence-electron chi connectivity index (χ1n) is 9.37. The number of aliphatic hydroxyl groups is 1. The Morgan fingerprint density at radius 1 is 1.08 bits per heavy atom. The van der Waals surface area contributed by atoms with Gasteiger partial charge in [0.25, 0.3) is 0 Å². The van der Waals surface area contributed by atoms with Crippen molar-refractivity contribution in [3.8, 4) is 5.75 Å². The number of hydrogen-bond acceptors (Lipinski definition) is 3. The smallest absolute Gasteiger partial charge is 0.122 e. The maximum Gasteiger partial charge on any atom is 0.122 e. The lowest BCUT2D eigenvalue weighted by Crippen LogP contribution is -2.46. The van der Waals surface area contributed by atoms with Crippen LogP contribution in [0.2, 0.25) is 0 Å². The fourth-order valence-electron chi connectivity index (χ4n) is 3.65. The van der Waals surface area contributed by atoms with Crippen LogP contribution >= 0.6 is 0 Å². The zero-order valence-electron chi connectivity index (χ0n) is 15.1. The van der Waals surface area contributed by atoms with Crippen LogP contribution in [0.3, 0.4) is 0 Å². The van der Waals surface area contributed by atoms with Crippen molar-refractivity contribution in [3.63, 3.8) is 0 Å². The van der Waals surface area contributed by atoms with Crippen molar-refractivity contribution >= 4 is 0 Å². The van der Waals surface area contributed by atoms with Crippen LogP contribution in [0.5, 0.6) is 5.75 Å². The molecular formula is C22H29NO2. The number of para-hydroxylation sites is 1. The van der Waals surface area contributed by atoms with Crippen molar-refractivity contribution in [2.75, 3.05) is 19.7 Å². The van der Waals surface area contributed by atoms with Gasteiger partial charge in [0.15, 0.2) is 0 Å². The van der Waals surface area contributed by atoms with Gasteiger partial charge in [-0.15, -0.1) is 0 Å². The van der Waals surface area contributed by atoms with Gasteiger partial charge in [-0.2, -0.15) is 0 Å². The molecule has 25 heavy (non-hydrogen) atoms. The second-order valence-corrected chi connectivity index (χ2v) is 7.06. The minimum atomic E-state index is -0.462. The standard InChI is InChI=1S/C22H29NO2/c1-18-9-5-6-13-22(18)25-17-21(24)16-23-14-8-7-12-20(23)15-19-10-3-2-4-11-19/h2-6,9-11,13,20-21,24H,7-8,12,14-17H2,1H3. The molecule has 1 N–H and O–H groups in total. The van der Waals surface area contributed by atoms with Crippen molar-refractivity contribution in [1.82, 2.24) is 4.90 Å². The van der Waals surface area contributed by atoms with E-state index in [1.165, 1.54) is 24.8 Å². The zero-order valence-corrected chi connectivity index (χ0v) is 15.1. The van der Waals surface area contributed by atoms with Gasteiger partial charge in [-0.1, -0.05) is 55.0 Å². The highest BCUT2D eigenvalue weighted by molar-refractivity contribution is 5.31. The summed E-state index contributed by atoms with van der Waals surface area (Å²) in [6.45, 7) is 4.13. The monoisotopic (exact) mass is 339 g/mol. The average molecular weight is 339 g/mol. The molecule has 2 unspecified atom stereocenters. The van der Waals surface area contributed by atoms with Crippen molar-refractivity contribution in [2.45, 2.75) is 44.8 Å². The van der Waals surface area contributed by atoms with E-state index in [0.717, 1.165) is 24.3 Å². The van der Waals surface area contributed by atoms with Crippen molar-refractivity contribution in [1.29, 1.82) is 0 Å². The van der Waals surface area contributed by atoms with E-state index in [9.17, 15) is 5.11 Å². The minimum Gasteiger partial charge on any atom is -0.491 e. The van der Waals surface area contributed by atoms with Gasteiger partial charge in [-0.05, 0) is 49.9 Å². The fourth-order valence-corrected chi connectivity index (χ4v) is 3.65. The Hall–Kier alpha value is -1.84. The summed E-state index contributed by atoms with van der Waals surface area (Å²) in [6.07, 6.45) is 4.31. The van der Waals surface area contributed by atoms with Crippen LogP contribution in [0.25, 0.3) is 0 Å². The first-order chi connectivity index (χ1) is 12.2. The van der Waals surface area contributed by atoms with Crippen LogP contribution in [-0.4, -0.2) is 41.8 Å². The molecule has 2 aromatic carbocycles. The average Bonchev–Trinajstić information content (AvgIpc) is 2.64. The molecule has 3 rings (SSSR count). The summed E-state index contributed by atoms with van der Waals surface area (Å²) in [5.74, 6) is 0.862. The Balaban J connectivity index is 1.53. The number of aliphatic hydroxyl groups excluding tert-OH is 1. The second-order valence-electron chi connectivity index (χ2n) is 7.06. The Bertz CT molecular complexity index is 643. The van der Waals surface area contributed by atoms with E-state index >= 15 is 0 Å². The van der Waals surface area contributed by atoms with Crippen LogP contribution in [0.4, 0.5) is 0 Å². The molecule has 0 radical (unpaired) electrons. The molecule has 2 atom stereocenters. The number of rotatable bonds is 7. The lowest BCUT2D eigenvalue weighted by Gasteiger charge is -2.37. The minimum absolute atomic E-state index is 0.347. The van der Waals surface area contributed by atoms with E-state index in [1.807, 2.05) is 31.2 Å². The largest absolute Gasteiger partial charge is 0.491 e. The number of piperidine rings is 1. The summed E-state index contributed by atoms with van der Waals surface area (Å²) in [5, 5.41) is 10.5. The lowest BCUT2D eigenvalue weighted by atomic mass is 9.95. The predicted octanol–water partition coefficient (Wildman–Crippen LogP) is 3.83. The number of nitrogens with zero attached hydrogens (tertiary/aromatic N) is 1. The van der Waals surface area contributed by atoms with Crippen LogP contribution < -0.4 is 4.74 Å². The van der Waals surface area contributed by atoms with Crippen LogP contribution in [0.1, 0.15) is 30.4 Å². The van der Waals surface area contributed by atoms with Gasteiger partial charge in [0.2, 0.25) is 0 Å². The van der Waals surface area contributed by atoms with Crippen molar-refractivity contribution < 1.29 is 9.84 Å². The summed E-state index contributed by atoms with van der Waals surface area (Å²) >= 11 is 0. The van der Waals surface area contributed by atoms with Crippen LogP contribution in [0, 0.1) is 6.92 Å². The number of hydrogen-bond donors (Lipinski definition) is 1. The van der Waals surface area contributed by atoms with Gasteiger partial charge in [-0.25, -0.2) is 0 Å². The molecule has 1 saturated heterocycles. The van der Waals surface area contributed by atoms with E-state index in [4.69, 9.17) is 4.74 Å². The molecule has 1 fully saturated rings. The molecule has 134 valence electrons. The Morgan fingerprint density at radius 3 is 2.64 bits per heavy atom. The number of β-amino-alcohol motifs (C(OH)–C–C–N with tert-alkyl or cyclic N) is 1. The number of benzene rings is 2. The molecule has 3 heteroatoms. The number of ether oxygens (including phenoxy) is 1. The van der Waals surface area contributed by atoms with Crippen LogP contribution in [0.15, 0.2) is 54.6 Å². The molecule has 2 aromatic rings. The Morgan fingerprint density at radius 2 is 1.84 bits per heavy atom.